The van der Waals surface area contributed by atoms with Crippen molar-refractivity contribution in [3.63, 3.8) is 0 Å². The van der Waals surface area contributed by atoms with Crippen molar-refractivity contribution in [2.75, 3.05) is 6.61 Å². The van der Waals surface area contributed by atoms with Gasteiger partial charge in [0.25, 0.3) is 0 Å². The highest BCUT2D eigenvalue weighted by Gasteiger charge is 2.50. The minimum absolute atomic E-state index is 0.0869. The molecule has 7 heteroatoms. The number of rotatable bonds is 19. The van der Waals surface area contributed by atoms with E-state index >= 15 is 0 Å². The minimum atomic E-state index is -2.01. The average molecular weight is 639 g/mol. The van der Waals surface area contributed by atoms with Crippen LogP contribution in [0.15, 0.2) is 24.3 Å². The predicted molar refractivity (Wildman–Crippen MR) is 189 cm³/mol. The van der Waals surface area contributed by atoms with Crippen LogP contribution in [0.3, 0.4) is 0 Å². The summed E-state index contributed by atoms with van der Waals surface area (Å²) in [5.74, 6) is 0.429. The molecule has 0 aromatic rings. The van der Waals surface area contributed by atoms with Crippen LogP contribution in [0, 0.1) is 11.8 Å². The lowest BCUT2D eigenvalue weighted by molar-refractivity contribution is -0.143. The lowest BCUT2D eigenvalue weighted by Crippen LogP contribution is -2.45. The van der Waals surface area contributed by atoms with Gasteiger partial charge in [-0.2, -0.15) is 0 Å². The van der Waals surface area contributed by atoms with Crippen molar-refractivity contribution in [2.45, 2.75) is 181 Å². The first-order valence-corrected chi connectivity index (χ1v) is 23.2. The van der Waals surface area contributed by atoms with Gasteiger partial charge in [0.2, 0.25) is 0 Å². The van der Waals surface area contributed by atoms with Crippen LogP contribution in [0.5, 0.6) is 0 Å². The number of aliphatic hydroxyl groups is 1. The normalized spacial score (nSPS) is 23.0. The molecule has 0 bridgehead atoms. The standard InChI is InChI=1S/C36H70O5Si2/c1-13-15-20-23-29(37)26-27-31-30(24-21-18-16-17-19-22-25-34(38)39-14-2)32(40-42(9,10)35(3,4)5)28-33(31)41-43(11,12)36(6,7)8/h18,21,26-27,29-33,37H,13-17,19-20,22-25,28H2,1-12H3/b21-18-,27-26+/t29-,30-,31+,32-,33+/m0/s1. The molecule has 252 valence electrons. The third-order valence-corrected chi connectivity index (χ3v) is 19.2. The molecule has 0 aliphatic heterocycles. The molecule has 0 aromatic heterocycles. The second-order valence-electron chi connectivity index (χ2n) is 15.9. The quantitative estimate of drug-likeness (QED) is 0.0660. The molecule has 43 heavy (non-hydrogen) atoms. The van der Waals surface area contributed by atoms with Gasteiger partial charge < -0.3 is 18.7 Å². The third kappa shape index (κ3) is 14.1. The lowest BCUT2D eigenvalue weighted by atomic mass is 9.89. The zero-order valence-corrected chi connectivity index (χ0v) is 32.3. The fourth-order valence-electron chi connectivity index (χ4n) is 5.30. The van der Waals surface area contributed by atoms with Crippen LogP contribution in [0.25, 0.3) is 0 Å². The molecule has 0 saturated heterocycles. The van der Waals surface area contributed by atoms with Crippen molar-refractivity contribution >= 4 is 22.6 Å². The molecular formula is C36H70O5Si2. The summed E-state index contributed by atoms with van der Waals surface area (Å²) in [7, 11) is -4.01. The van der Waals surface area contributed by atoms with Gasteiger partial charge in [-0.1, -0.05) is 98.5 Å². The van der Waals surface area contributed by atoms with Gasteiger partial charge in [0.05, 0.1) is 24.9 Å². The summed E-state index contributed by atoms with van der Waals surface area (Å²) < 4.78 is 19.4. The molecule has 5 nitrogen and oxygen atoms in total. The molecule has 0 amide bonds. The fraction of sp³-hybridized carbons (Fsp3) is 0.861. The largest absolute Gasteiger partial charge is 0.466 e. The van der Waals surface area contributed by atoms with Crippen LogP contribution in [-0.4, -0.2) is 52.6 Å². The smallest absolute Gasteiger partial charge is 0.305 e. The number of unbranched alkanes of at least 4 members (excludes halogenated alkanes) is 5. The Morgan fingerprint density at radius 2 is 1.47 bits per heavy atom. The summed E-state index contributed by atoms with van der Waals surface area (Å²) in [4.78, 5) is 11.6. The number of aliphatic hydroxyl groups excluding tert-OH is 1. The highest BCUT2D eigenvalue weighted by molar-refractivity contribution is 6.74. The lowest BCUT2D eigenvalue weighted by Gasteiger charge is -2.40. The van der Waals surface area contributed by atoms with Gasteiger partial charge in [-0.05, 0) is 87.6 Å². The van der Waals surface area contributed by atoms with Crippen molar-refractivity contribution in [2.24, 2.45) is 11.8 Å². The Morgan fingerprint density at radius 3 is 2.02 bits per heavy atom. The maximum absolute atomic E-state index is 11.6. The average Bonchev–Trinajstić information content (AvgIpc) is 3.17. The number of esters is 1. The Morgan fingerprint density at radius 1 is 0.860 bits per heavy atom. The van der Waals surface area contributed by atoms with E-state index in [0.29, 0.717) is 18.9 Å². The summed E-state index contributed by atoms with van der Waals surface area (Å²) in [6.07, 6.45) is 19.4. The van der Waals surface area contributed by atoms with Gasteiger partial charge in [0.1, 0.15) is 0 Å². The molecule has 1 N–H and O–H groups in total. The van der Waals surface area contributed by atoms with Crippen molar-refractivity contribution in [3.8, 4) is 0 Å². The van der Waals surface area contributed by atoms with E-state index in [9.17, 15) is 9.90 Å². The highest BCUT2D eigenvalue weighted by Crippen LogP contribution is 2.47. The van der Waals surface area contributed by atoms with Crippen molar-refractivity contribution in [3.05, 3.63) is 24.3 Å². The van der Waals surface area contributed by atoms with Crippen molar-refractivity contribution in [1.82, 2.24) is 0 Å². The summed E-state index contributed by atoms with van der Waals surface area (Å²) in [6, 6.07) is 0. The fourth-order valence-corrected chi connectivity index (χ4v) is 8.05. The zero-order valence-electron chi connectivity index (χ0n) is 30.3. The van der Waals surface area contributed by atoms with Gasteiger partial charge in [-0.3, -0.25) is 4.79 Å². The summed E-state index contributed by atoms with van der Waals surface area (Å²) in [5, 5.41) is 11.1. The third-order valence-electron chi connectivity index (χ3n) is 10.2. The number of carbonyl (C=O) groups excluding carboxylic acids is 1. The van der Waals surface area contributed by atoms with Crippen LogP contribution >= 0.6 is 0 Å². The van der Waals surface area contributed by atoms with E-state index in [1.165, 1.54) is 0 Å². The van der Waals surface area contributed by atoms with E-state index in [4.69, 9.17) is 13.6 Å². The molecule has 1 aliphatic rings. The Bertz CT molecular complexity index is 853. The highest BCUT2D eigenvalue weighted by atomic mass is 28.4. The Kier molecular flexibility index (Phi) is 17.3. The number of hydrogen-bond acceptors (Lipinski definition) is 5. The summed E-state index contributed by atoms with van der Waals surface area (Å²) in [6.45, 7) is 27.8. The zero-order chi connectivity index (χ0) is 32.9. The number of hydrogen-bond donors (Lipinski definition) is 1. The monoisotopic (exact) mass is 638 g/mol. The first kappa shape index (κ1) is 40.3. The summed E-state index contributed by atoms with van der Waals surface area (Å²) in [5.41, 5.74) is 0. The number of allylic oxidation sites excluding steroid dienone is 2. The van der Waals surface area contributed by atoms with E-state index in [1.807, 2.05) is 6.92 Å². The molecule has 5 atom stereocenters. The van der Waals surface area contributed by atoms with Crippen LogP contribution in [0.2, 0.25) is 36.3 Å². The van der Waals surface area contributed by atoms with Crippen LogP contribution in [-0.2, 0) is 18.4 Å². The van der Waals surface area contributed by atoms with Gasteiger partial charge >= 0.3 is 5.97 Å². The number of carbonyl (C=O) groups is 1. The topological polar surface area (TPSA) is 65.0 Å². The predicted octanol–water partition coefficient (Wildman–Crippen LogP) is 10.4. The van der Waals surface area contributed by atoms with Crippen LogP contribution in [0.4, 0.5) is 0 Å². The van der Waals surface area contributed by atoms with E-state index in [2.05, 4.69) is 99.0 Å². The van der Waals surface area contributed by atoms with E-state index < -0.39 is 22.7 Å². The summed E-state index contributed by atoms with van der Waals surface area (Å²) >= 11 is 0. The Labute approximate surface area is 268 Å². The van der Waals surface area contributed by atoms with Gasteiger partial charge in [0.15, 0.2) is 16.6 Å². The molecule has 1 fully saturated rings. The van der Waals surface area contributed by atoms with E-state index in [-0.39, 0.29) is 34.2 Å². The molecule has 0 unspecified atom stereocenters. The molecule has 0 spiro atoms. The molecular weight excluding hydrogens is 569 g/mol. The minimum Gasteiger partial charge on any atom is -0.466 e. The van der Waals surface area contributed by atoms with Gasteiger partial charge in [-0.25, -0.2) is 0 Å². The number of ether oxygens (including phenoxy) is 1. The molecule has 0 aromatic carbocycles. The van der Waals surface area contributed by atoms with Crippen LogP contribution < -0.4 is 0 Å². The maximum Gasteiger partial charge on any atom is 0.305 e. The van der Waals surface area contributed by atoms with Crippen LogP contribution in [0.1, 0.15) is 126 Å². The van der Waals surface area contributed by atoms with E-state index in [0.717, 1.165) is 64.2 Å². The van der Waals surface area contributed by atoms with Gasteiger partial charge in [-0.15, -0.1) is 0 Å². The van der Waals surface area contributed by atoms with E-state index in [1.54, 1.807) is 0 Å². The SMILES string of the molecule is CCCCC[C@H](O)/C=C/[C@@H]1[C@H](C/C=C\CCCCCC(=O)OCC)[C@@H](O[Si](C)(C)C(C)(C)C)C[C@H]1O[Si](C)(C)C(C)(C)C. The van der Waals surface area contributed by atoms with Crippen molar-refractivity contribution < 1.29 is 23.5 Å². The first-order valence-electron chi connectivity index (χ1n) is 17.4. The molecule has 1 rings (SSSR count). The molecule has 1 aliphatic carbocycles. The van der Waals surface area contributed by atoms with Gasteiger partial charge in [0, 0.05) is 12.3 Å². The molecule has 1 saturated carbocycles. The first-order chi connectivity index (χ1) is 19.9. The second kappa shape index (κ2) is 18.4. The Hall–Kier alpha value is -0.736. The second-order valence-corrected chi connectivity index (χ2v) is 25.4. The van der Waals surface area contributed by atoms with Crippen molar-refractivity contribution in [1.29, 1.82) is 0 Å². The maximum atomic E-state index is 11.6. The Balaban J connectivity index is 3.18. The molecule has 0 radical (unpaired) electrons. The molecule has 0 heterocycles.